The number of carbonyl (C=O) groups is 1. The molecule has 1 aliphatic rings. The highest BCUT2D eigenvalue weighted by Gasteiger charge is 2.50. The standard InChI is InChI=1S/C13H14BrN3O2/c1-9-13(14,10(2)16-19-3)12(18)17(15-9)11-7-5-4-6-8-11/h4-8H,1-3H3/b16-10+. The fourth-order valence-corrected chi connectivity index (χ4v) is 2.25. The molecule has 0 N–H and O–H groups in total. The molecule has 0 fully saturated rings. The largest absolute Gasteiger partial charge is 0.399 e. The topological polar surface area (TPSA) is 54.3 Å². The van der Waals surface area contributed by atoms with E-state index in [0.29, 0.717) is 11.4 Å². The molecule has 5 nitrogen and oxygen atoms in total. The maximum Gasteiger partial charge on any atom is 0.276 e. The molecule has 0 aliphatic carbocycles. The van der Waals surface area contributed by atoms with Gasteiger partial charge in [0, 0.05) is 0 Å². The highest BCUT2D eigenvalue weighted by Crippen LogP contribution is 2.34. The van der Waals surface area contributed by atoms with Gasteiger partial charge in [0.2, 0.25) is 0 Å². The predicted molar refractivity (Wildman–Crippen MR) is 78.8 cm³/mol. The van der Waals surface area contributed by atoms with Gasteiger partial charge in [-0.05, 0) is 26.0 Å². The summed E-state index contributed by atoms with van der Waals surface area (Å²) < 4.78 is -1.03. The average Bonchev–Trinajstić information content (AvgIpc) is 2.65. The van der Waals surface area contributed by atoms with Crippen LogP contribution >= 0.6 is 15.9 Å². The van der Waals surface area contributed by atoms with Crippen LogP contribution in [0.25, 0.3) is 0 Å². The van der Waals surface area contributed by atoms with Crippen molar-refractivity contribution in [2.75, 3.05) is 12.1 Å². The maximum atomic E-state index is 12.6. The zero-order chi connectivity index (χ0) is 14.0. The zero-order valence-electron chi connectivity index (χ0n) is 10.9. The Morgan fingerprint density at radius 3 is 2.63 bits per heavy atom. The van der Waals surface area contributed by atoms with Crippen LogP contribution in [0.3, 0.4) is 0 Å². The molecule has 100 valence electrons. The third-order valence-electron chi connectivity index (χ3n) is 2.96. The first-order valence-electron chi connectivity index (χ1n) is 5.74. The molecule has 1 atom stereocenters. The van der Waals surface area contributed by atoms with Crippen molar-refractivity contribution < 1.29 is 9.63 Å². The Hall–Kier alpha value is -1.69. The summed E-state index contributed by atoms with van der Waals surface area (Å²) in [5, 5.41) is 9.54. The first-order valence-corrected chi connectivity index (χ1v) is 6.53. The summed E-state index contributed by atoms with van der Waals surface area (Å²) >= 11 is 3.45. The smallest absolute Gasteiger partial charge is 0.276 e. The molecular weight excluding hydrogens is 310 g/mol. The summed E-state index contributed by atoms with van der Waals surface area (Å²) in [5.74, 6) is -0.200. The lowest BCUT2D eigenvalue weighted by Gasteiger charge is -2.20. The molecule has 2 rings (SSSR count). The molecule has 0 radical (unpaired) electrons. The van der Waals surface area contributed by atoms with E-state index in [1.165, 1.54) is 12.1 Å². The minimum absolute atomic E-state index is 0.200. The lowest BCUT2D eigenvalue weighted by molar-refractivity contribution is -0.117. The Morgan fingerprint density at radius 2 is 2.05 bits per heavy atom. The van der Waals surface area contributed by atoms with E-state index < -0.39 is 4.32 Å². The van der Waals surface area contributed by atoms with Crippen LogP contribution in [0.15, 0.2) is 40.6 Å². The number of para-hydroxylation sites is 1. The van der Waals surface area contributed by atoms with Gasteiger partial charge in [-0.2, -0.15) is 10.1 Å². The Bertz CT molecular complexity index is 556. The molecule has 1 aromatic rings. The number of hydrogen-bond donors (Lipinski definition) is 0. The van der Waals surface area contributed by atoms with E-state index in [-0.39, 0.29) is 5.91 Å². The molecular formula is C13H14BrN3O2. The summed E-state index contributed by atoms with van der Waals surface area (Å²) in [6.45, 7) is 3.51. The first kappa shape index (κ1) is 13.7. The molecule has 19 heavy (non-hydrogen) atoms. The van der Waals surface area contributed by atoms with Crippen LogP contribution in [-0.4, -0.2) is 28.8 Å². The summed E-state index contributed by atoms with van der Waals surface area (Å²) in [6, 6.07) is 9.27. The van der Waals surface area contributed by atoms with Gasteiger partial charge in [0.25, 0.3) is 5.91 Å². The Balaban J connectivity index is 2.42. The summed E-state index contributed by atoms with van der Waals surface area (Å²) in [6.07, 6.45) is 0. The van der Waals surface area contributed by atoms with Gasteiger partial charge in [0.15, 0.2) is 4.32 Å². The quantitative estimate of drug-likeness (QED) is 0.487. The maximum absolute atomic E-state index is 12.6. The van der Waals surface area contributed by atoms with Crippen molar-refractivity contribution in [2.24, 2.45) is 10.3 Å². The van der Waals surface area contributed by atoms with Crippen LogP contribution in [0.4, 0.5) is 5.69 Å². The second kappa shape index (κ2) is 5.13. The van der Waals surface area contributed by atoms with E-state index in [2.05, 4.69) is 26.2 Å². The predicted octanol–water partition coefficient (Wildman–Crippen LogP) is 2.57. The Labute approximate surface area is 120 Å². The second-order valence-corrected chi connectivity index (χ2v) is 5.35. The zero-order valence-corrected chi connectivity index (χ0v) is 12.5. The highest BCUT2D eigenvalue weighted by molar-refractivity contribution is 9.11. The summed E-state index contributed by atoms with van der Waals surface area (Å²) in [7, 11) is 1.45. The van der Waals surface area contributed by atoms with Gasteiger partial charge in [0.05, 0.1) is 17.1 Å². The van der Waals surface area contributed by atoms with E-state index >= 15 is 0 Å². The lowest BCUT2D eigenvalue weighted by Crippen LogP contribution is -2.46. The number of rotatable bonds is 3. The van der Waals surface area contributed by atoms with Crippen LogP contribution < -0.4 is 5.01 Å². The number of oxime groups is 1. The number of hydrazone groups is 1. The van der Waals surface area contributed by atoms with Crippen LogP contribution in [0.2, 0.25) is 0 Å². The Kier molecular flexibility index (Phi) is 3.71. The second-order valence-electron chi connectivity index (χ2n) is 4.16. The number of anilines is 1. The monoisotopic (exact) mass is 323 g/mol. The third-order valence-corrected chi connectivity index (χ3v) is 4.45. The van der Waals surface area contributed by atoms with Gasteiger partial charge in [-0.15, -0.1) is 0 Å². The van der Waals surface area contributed by atoms with Gasteiger partial charge in [-0.3, -0.25) is 4.79 Å². The number of alkyl halides is 1. The van der Waals surface area contributed by atoms with Crippen molar-refractivity contribution in [3.05, 3.63) is 30.3 Å². The number of carbonyl (C=O) groups excluding carboxylic acids is 1. The number of hydrogen-bond acceptors (Lipinski definition) is 4. The molecule has 0 saturated heterocycles. The fourth-order valence-electron chi connectivity index (χ4n) is 1.93. The van der Waals surface area contributed by atoms with Crippen molar-refractivity contribution in [1.29, 1.82) is 0 Å². The SMILES string of the molecule is CO/N=C(\C)C1(Br)C(=O)N(c2ccccc2)N=C1C. The summed E-state index contributed by atoms with van der Waals surface area (Å²) in [4.78, 5) is 17.3. The number of halogens is 1. The molecule has 0 saturated carbocycles. The lowest BCUT2D eigenvalue weighted by atomic mass is 9.99. The van der Waals surface area contributed by atoms with Gasteiger partial charge in [-0.25, -0.2) is 0 Å². The van der Waals surface area contributed by atoms with Crippen LogP contribution in [0.5, 0.6) is 0 Å². The normalized spacial score (nSPS) is 23.6. The molecule has 0 spiro atoms. The fraction of sp³-hybridized carbons (Fsp3) is 0.308. The van der Waals surface area contributed by atoms with Crippen molar-refractivity contribution in [2.45, 2.75) is 18.2 Å². The van der Waals surface area contributed by atoms with Crippen LogP contribution in [0.1, 0.15) is 13.8 Å². The Morgan fingerprint density at radius 1 is 1.42 bits per heavy atom. The van der Waals surface area contributed by atoms with Crippen LogP contribution in [-0.2, 0) is 9.63 Å². The van der Waals surface area contributed by atoms with E-state index in [4.69, 9.17) is 4.84 Å². The van der Waals surface area contributed by atoms with Gasteiger partial charge >= 0.3 is 0 Å². The average molecular weight is 324 g/mol. The molecule has 0 bridgehead atoms. The van der Waals surface area contributed by atoms with Crippen molar-refractivity contribution in [3.8, 4) is 0 Å². The minimum atomic E-state index is -1.03. The van der Waals surface area contributed by atoms with Crippen LogP contribution in [0, 0.1) is 0 Å². The van der Waals surface area contributed by atoms with E-state index in [0.717, 1.165) is 5.69 Å². The first-order chi connectivity index (χ1) is 9.01. The molecule has 0 aromatic heterocycles. The minimum Gasteiger partial charge on any atom is -0.399 e. The summed E-state index contributed by atoms with van der Waals surface area (Å²) in [5.41, 5.74) is 1.86. The molecule has 1 unspecified atom stereocenters. The van der Waals surface area contributed by atoms with Crippen molar-refractivity contribution in [3.63, 3.8) is 0 Å². The molecule has 1 aliphatic heterocycles. The number of benzene rings is 1. The molecule has 1 amide bonds. The molecule has 1 aromatic carbocycles. The van der Waals surface area contributed by atoms with Gasteiger partial charge in [-0.1, -0.05) is 39.3 Å². The van der Waals surface area contributed by atoms with E-state index in [1.807, 2.05) is 30.3 Å². The van der Waals surface area contributed by atoms with E-state index in [1.54, 1.807) is 13.8 Å². The third kappa shape index (κ3) is 2.16. The number of nitrogens with zero attached hydrogens (tertiary/aromatic N) is 3. The van der Waals surface area contributed by atoms with Gasteiger partial charge in [0.1, 0.15) is 7.11 Å². The van der Waals surface area contributed by atoms with Gasteiger partial charge < -0.3 is 4.84 Å². The van der Waals surface area contributed by atoms with Crippen molar-refractivity contribution in [1.82, 2.24) is 0 Å². The number of amides is 1. The molecule has 6 heteroatoms. The van der Waals surface area contributed by atoms with Crippen molar-refractivity contribution >= 4 is 38.9 Å². The molecule has 1 heterocycles. The van der Waals surface area contributed by atoms with E-state index in [9.17, 15) is 4.79 Å². The highest BCUT2D eigenvalue weighted by atomic mass is 79.9.